The Balaban J connectivity index is 1.68. The number of amides is 2. The van der Waals surface area contributed by atoms with Crippen molar-refractivity contribution in [2.75, 3.05) is 6.54 Å². The second-order valence-corrected chi connectivity index (χ2v) is 6.03. The maximum Gasteiger partial charge on any atom is 0.318 e. The zero-order chi connectivity index (χ0) is 16.4. The molecule has 1 aromatic heterocycles. The molecule has 6 heteroatoms. The number of aromatic hydroxyl groups is 1. The number of aromatic nitrogens is 2. The van der Waals surface area contributed by atoms with Gasteiger partial charge in [-0.1, -0.05) is 12.1 Å². The molecule has 2 amide bonds. The summed E-state index contributed by atoms with van der Waals surface area (Å²) in [4.78, 5) is 14.4. The largest absolute Gasteiger partial charge is 0.508 e. The van der Waals surface area contributed by atoms with Gasteiger partial charge in [0.2, 0.25) is 0 Å². The van der Waals surface area contributed by atoms with Gasteiger partial charge in [-0.05, 0) is 37.5 Å². The quantitative estimate of drug-likeness (QED) is 0.894. The zero-order valence-electron chi connectivity index (χ0n) is 13.5. The van der Waals surface area contributed by atoms with Gasteiger partial charge >= 0.3 is 6.03 Å². The lowest BCUT2D eigenvalue weighted by molar-refractivity contribution is 0.192. The van der Waals surface area contributed by atoms with E-state index in [1.807, 2.05) is 35.8 Å². The fraction of sp³-hybridized carbons (Fsp3) is 0.412. The fourth-order valence-electron chi connectivity index (χ4n) is 3.01. The van der Waals surface area contributed by atoms with Crippen LogP contribution in [0.2, 0.25) is 0 Å². The third kappa shape index (κ3) is 3.31. The number of phenolic OH excluding ortho intramolecular Hbond substituents is 1. The van der Waals surface area contributed by atoms with Gasteiger partial charge in [-0.15, -0.1) is 0 Å². The Kier molecular flexibility index (Phi) is 4.23. The lowest BCUT2D eigenvalue weighted by atomic mass is 10.1. The highest BCUT2D eigenvalue weighted by atomic mass is 16.3. The van der Waals surface area contributed by atoms with Crippen LogP contribution in [0.25, 0.3) is 0 Å². The van der Waals surface area contributed by atoms with E-state index in [-0.39, 0.29) is 17.8 Å². The Labute approximate surface area is 135 Å². The molecule has 1 aliphatic heterocycles. The number of fused-ring (bicyclic) bond motifs is 1. The van der Waals surface area contributed by atoms with Gasteiger partial charge in [-0.2, -0.15) is 5.10 Å². The van der Waals surface area contributed by atoms with E-state index in [9.17, 15) is 9.90 Å². The number of hydrogen-bond acceptors (Lipinski definition) is 3. The summed E-state index contributed by atoms with van der Waals surface area (Å²) in [5, 5.41) is 16.9. The van der Waals surface area contributed by atoms with E-state index in [1.165, 1.54) is 5.69 Å². The smallest absolute Gasteiger partial charge is 0.318 e. The van der Waals surface area contributed by atoms with Gasteiger partial charge in [-0.3, -0.25) is 4.68 Å². The molecule has 1 atom stereocenters. The first-order valence-corrected chi connectivity index (χ1v) is 7.88. The van der Waals surface area contributed by atoms with Crippen molar-refractivity contribution in [1.29, 1.82) is 0 Å². The molecule has 0 saturated carbocycles. The van der Waals surface area contributed by atoms with E-state index in [4.69, 9.17) is 0 Å². The third-order valence-corrected chi connectivity index (χ3v) is 4.35. The van der Waals surface area contributed by atoms with Crippen molar-refractivity contribution < 1.29 is 9.90 Å². The Morgan fingerprint density at radius 2 is 2.26 bits per heavy atom. The molecule has 0 bridgehead atoms. The number of aryl methyl sites for hydroxylation is 1. The molecule has 0 unspecified atom stereocenters. The third-order valence-electron chi connectivity index (χ3n) is 4.35. The molecule has 2 aromatic rings. The van der Waals surface area contributed by atoms with Gasteiger partial charge in [0.25, 0.3) is 0 Å². The number of nitrogens with zero attached hydrogens (tertiary/aromatic N) is 3. The first-order chi connectivity index (χ1) is 11.0. The Morgan fingerprint density at radius 3 is 3.04 bits per heavy atom. The summed E-state index contributed by atoms with van der Waals surface area (Å²) in [5.41, 5.74) is 3.21. The minimum absolute atomic E-state index is 0.0856. The van der Waals surface area contributed by atoms with E-state index in [0.29, 0.717) is 6.54 Å². The maximum absolute atomic E-state index is 12.6. The Bertz CT molecular complexity index is 710. The number of phenols is 1. The first kappa shape index (κ1) is 15.4. The van der Waals surface area contributed by atoms with Crippen LogP contribution in [0.4, 0.5) is 4.79 Å². The van der Waals surface area contributed by atoms with E-state index >= 15 is 0 Å². The minimum Gasteiger partial charge on any atom is -0.508 e. The number of benzene rings is 1. The summed E-state index contributed by atoms with van der Waals surface area (Å²) in [6.45, 7) is 3.23. The standard InChI is InChI=1S/C17H22N4O2/c1-12(13-5-3-6-15(22)9-13)19-17(23)21-8-4-7-16-14(11-21)10-18-20(16)2/h3,5-6,9-10,12,22H,4,7-8,11H2,1-2H3,(H,19,23)/t12-/m0/s1. The average Bonchev–Trinajstić information content (AvgIpc) is 2.74. The predicted molar refractivity (Wildman–Crippen MR) is 87.0 cm³/mol. The topological polar surface area (TPSA) is 70.4 Å². The normalized spacial score (nSPS) is 15.7. The van der Waals surface area contributed by atoms with Crippen molar-refractivity contribution in [3.05, 3.63) is 47.3 Å². The second-order valence-electron chi connectivity index (χ2n) is 6.03. The van der Waals surface area contributed by atoms with Gasteiger partial charge in [-0.25, -0.2) is 4.79 Å². The Hall–Kier alpha value is -2.50. The van der Waals surface area contributed by atoms with E-state index < -0.39 is 0 Å². The van der Waals surface area contributed by atoms with Gasteiger partial charge in [0.05, 0.1) is 18.8 Å². The summed E-state index contributed by atoms with van der Waals surface area (Å²) in [6, 6.07) is 6.72. The van der Waals surface area contributed by atoms with Crippen LogP contribution in [0.3, 0.4) is 0 Å². The van der Waals surface area contributed by atoms with Crippen LogP contribution in [-0.4, -0.2) is 32.4 Å². The summed E-state index contributed by atoms with van der Waals surface area (Å²) in [5.74, 6) is 0.207. The van der Waals surface area contributed by atoms with E-state index in [1.54, 1.807) is 18.2 Å². The molecule has 2 N–H and O–H groups in total. The molecule has 0 aliphatic carbocycles. The summed E-state index contributed by atoms with van der Waals surface area (Å²) in [6.07, 6.45) is 3.72. The molecular weight excluding hydrogens is 292 g/mol. The maximum atomic E-state index is 12.6. The summed E-state index contributed by atoms with van der Waals surface area (Å²) >= 11 is 0. The van der Waals surface area contributed by atoms with Gasteiger partial charge < -0.3 is 15.3 Å². The Morgan fingerprint density at radius 1 is 1.43 bits per heavy atom. The summed E-state index contributed by atoms with van der Waals surface area (Å²) in [7, 11) is 1.94. The highest BCUT2D eigenvalue weighted by Gasteiger charge is 2.22. The number of rotatable bonds is 2. The van der Waals surface area contributed by atoms with Crippen molar-refractivity contribution in [3.8, 4) is 5.75 Å². The van der Waals surface area contributed by atoms with Gasteiger partial charge in [0, 0.05) is 24.8 Å². The van der Waals surface area contributed by atoms with Crippen LogP contribution < -0.4 is 5.32 Å². The van der Waals surface area contributed by atoms with Crippen LogP contribution in [0.1, 0.15) is 36.2 Å². The number of urea groups is 1. The molecule has 0 fully saturated rings. The monoisotopic (exact) mass is 314 g/mol. The highest BCUT2D eigenvalue weighted by Crippen LogP contribution is 2.20. The average molecular weight is 314 g/mol. The SMILES string of the molecule is C[C@H](NC(=O)N1CCCc2c(cnn2C)C1)c1cccc(O)c1. The van der Waals surface area contributed by atoms with Crippen molar-refractivity contribution in [3.63, 3.8) is 0 Å². The highest BCUT2D eigenvalue weighted by molar-refractivity contribution is 5.74. The molecule has 122 valence electrons. The van der Waals surface area contributed by atoms with Gasteiger partial charge in [0.15, 0.2) is 0 Å². The fourth-order valence-corrected chi connectivity index (χ4v) is 3.01. The zero-order valence-corrected chi connectivity index (χ0v) is 13.5. The molecule has 3 rings (SSSR count). The molecule has 2 heterocycles. The molecule has 1 aliphatic rings. The number of carbonyl (C=O) groups is 1. The van der Waals surface area contributed by atoms with Crippen LogP contribution in [0, 0.1) is 0 Å². The van der Waals surface area contributed by atoms with Crippen LogP contribution >= 0.6 is 0 Å². The minimum atomic E-state index is -0.161. The molecule has 0 spiro atoms. The lowest BCUT2D eigenvalue weighted by Crippen LogP contribution is -2.40. The molecule has 0 saturated heterocycles. The number of hydrogen-bond donors (Lipinski definition) is 2. The summed E-state index contributed by atoms with van der Waals surface area (Å²) < 4.78 is 1.89. The van der Waals surface area contributed by atoms with E-state index in [2.05, 4.69) is 10.4 Å². The molecule has 1 aromatic carbocycles. The van der Waals surface area contributed by atoms with Crippen LogP contribution in [0.5, 0.6) is 5.75 Å². The lowest BCUT2D eigenvalue weighted by Gasteiger charge is -2.24. The van der Waals surface area contributed by atoms with Crippen molar-refractivity contribution in [1.82, 2.24) is 20.0 Å². The van der Waals surface area contributed by atoms with Crippen LogP contribution in [-0.2, 0) is 20.0 Å². The number of nitrogens with one attached hydrogen (secondary N) is 1. The predicted octanol–water partition coefficient (Wildman–Crippen LogP) is 2.34. The number of carbonyl (C=O) groups excluding carboxylic acids is 1. The van der Waals surface area contributed by atoms with Gasteiger partial charge in [0.1, 0.15) is 5.75 Å². The molecular formula is C17H22N4O2. The molecule has 0 radical (unpaired) electrons. The van der Waals surface area contributed by atoms with Crippen LogP contribution in [0.15, 0.2) is 30.5 Å². The van der Waals surface area contributed by atoms with Crippen molar-refractivity contribution >= 4 is 6.03 Å². The van der Waals surface area contributed by atoms with Crippen molar-refractivity contribution in [2.24, 2.45) is 7.05 Å². The second kappa shape index (κ2) is 6.32. The van der Waals surface area contributed by atoms with Crippen molar-refractivity contribution in [2.45, 2.75) is 32.4 Å². The van der Waals surface area contributed by atoms with E-state index in [0.717, 1.165) is 30.5 Å². The molecule has 6 nitrogen and oxygen atoms in total. The first-order valence-electron chi connectivity index (χ1n) is 7.88. The molecule has 23 heavy (non-hydrogen) atoms.